The van der Waals surface area contributed by atoms with E-state index in [2.05, 4.69) is 22.5 Å². The summed E-state index contributed by atoms with van der Waals surface area (Å²) >= 11 is 0. The van der Waals surface area contributed by atoms with E-state index in [1.165, 1.54) is 64.7 Å². The molecule has 0 aromatic carbocycles. The lowest BCUT2D eigenvalue weighted by Gasteiger charge is -2.33. The molecule has 0 spiro atoms. The van der Waals surface area contributed by atoms with Crippen molar-refractivity contribution < 1.29 is 0 Å². The highest BCUT2D eigenvalue weighted by Gasteiger charge is 2.17. The molecule has 2 N–H and O–H groups in total. The Labute approximate surface area is 106 Å². The van der Waals surface area contributed by atoms with Crippen LogP contribution in [0, 0.1) is 0 Å². The fourth-order valence-corrected chi connectivity index (χ4v) is 3.10. The Hall–Kier alpha value is -0.120. The van der Waals surface area contributed by atoms with E-state index in [4.69, 9.17) is 0 Å². The summed E-state index contributed by atoms with van der Waals surface area (Å²) < 4.78 is 0. The molecule has 0 bridgehead atoms. The topological polar surface area (TPSA) is 27.3 Å². The van der Waals surface area contributed by atoms with Crippen molar-refractivity contribution in [3.63, 3.8) is 0 Å². The second kappa shape index (κ2) is 7.34. The van der Waals surface area contributed by atoms with Gasteiger partial charge in [0.25, 0.3) is 0 Å². The number of nitrogens with one attached hydrogen (secondary N) is 2. The van der Waals surface area contributed by atoms with E-state index < -0.39 is 0 Å². The van der Waals surface area contributed by atoms with E-state index in [0.29, 0.717) is 0 Å². The first kappa shape index (κ1) is 13.3. The largest absolute Gasteiger partial charge is 0.315 e. The molecule has 0 radical (unpaired) electrons. The maximum Gasteiger partial charge on any atom is 0.0192 e. The molecule has 0 aromatic rings. The lowest BCUT2D eigenvalue weighted by Crippen LogP contribution is -2.39. The van der Waals surface area contributed by atoms with Gasteiger partial charge in [-0.15, -0.1) is 0 Å². The average Bonchev–Trinajstić information content (AvgIpc) is 2.84. The Balaban J connectivity index is 1.47. The molecule has 2 saturated heterocycles. The van der Waals surface area contributed by atoms with Crippen LogP contribution in [0.25, 0.3) is 0 Å². The van der Waals surface area contributed by atoms with E-state index in [9.17, 15) is 0 Å². The highest BCUT2D eigenvalue weighted by atomic mass is 15.2. The summed E-state index contributed by atoms with van der Waals surface area (Å²) in [5.41, 5.74) is 0. The molecule has 3 heteroatoms. The van der Waals surface area contributed by atoms with E-state index >= 15 is 0 Å². The number of rotatable bonds is 6. The molecule has 0 aromatic heterocycles. The van der Waals surface area contributed by atoms with Crippen LogP contribution in [-0.2, 0) is 0 Å². The molecule has 2 unspecified atom stereocenters. The van der Waals surface area contributed by atoms with Crippen molar-refractivity contribution in [2.75, 3.05) is 32.7 Å². The summed E-state index contributed by atoms with van der Waals surface area (Å²) in [6.07, 6.45) is 8.26. The smallest absolute Gasteiger partial charge is 0.0192 e. The van der Waals surface area contributed by atoms with Gasteiger partial charge < -0.3 is 15.5 Å². The van der Waals surface area contributed by atoms with Crippen LogP contribution < -0.4 is 10.6 Å². The van der Waals surface area contributed by atoms with Crippen LogP contribution in [-0.4, -0.2) is 49.7 Å². The summed E-state index contributed by atoms with van der Waals surface area (Å²) in [6, 6.07) is 1.56. The average molecular weight is 239 g/mol. The van der Waals surface area contributed by atoms with Crippen LogP contribution in [0.3, 0.4) is 0 Å². The molecule has 2 aliphatic rings. The third kappa shape index (κ3) is 4.57. The predicted molar refractivity (Wildman–Crippen MR) is 73.4 cm³/mol. The van der Waals surface area contributed by atoms with Crippen LogP contribution in [0.5, 0.6) is 0 Å². The van der Waals surface area contributed by atoms with Gasteiger partial charge in [0, 0.05) is 18.6 Å². The first-order valence-corrected chi connectivity index (χ1v) is 7.54. The maximum atomic E-state index is 3.59. The van der Waals surface area contributed by atoms with Gasteiger partial charge in [0.1, 0.15) is 0 Å². The molecule has 17 heavy (non-hydrogen) atoms. The molecule has 0 aliphatic carbocycles. The summed E-state index contributed by atoms with van der Waals surface area (Å²) in [7, 11) is 0. The SMILES string of the molecule is CC1CCCCN1CCCNCC1CCCN1. The lowest BCUT2D eigenvalue weighted by molar-refractivity contribution is 0.159. The molecule has 2 rings (SSSR count). The standard InChI is InChI=1S/C14H29N3/c1-13-6-2-3-10-17(13)11-5-8-15-12-14-7-4-9-16-14/h13-16H,2-12H2,1H3. The summed E-state index contributed by atoms with van der Waals surface area (Å²) in [6.45, 7) is 8.56. The molecule has 3 nitrogen and oxygen atoms in total. The number of hydrogen-bond acceptors (Lipinski definition) is 3. The second-order valence-corrected chi connectivity index (χ2v) is 5.73. The Bertz CT molecular complexity index is 202. The van der Waals surface area contributed by atoms with Gasteiger partial charge in [-0.1, -0.05) is 6.42 Å². The third-order valence-corrected chi connectivity index (χ3v) is 4.29. The van der Waals surface area contributed by atoms with Gasteiger partial charge in [-0.3, -0.25) is 0 Å². The molecule has 2 heterocycles. The highest BCUT2D eigenvalue weighted by molar-refractivity contribution is 4.76. The van der Waals surface area contributed by atoms with Crippen LogP contribution >= 0.6 is 0 Å². The number of nitrogens with zero attached hydrogens (tertiary/aromatic N) is 1. The molecule has 0 saturated carbocycles. The fraction of sp³-hybridized carbons (Fsp3) is 1.00. The van der Waals surface area contributed by atoms with Crippen LogP contribution in [0.15, 0.2) is 0 Å². The van der Waals surface area contributed by atoms with Gasteiger partial charge in [0.05, 0.1) is 0 Å². The molecule has 2 fully saturated rings. The fourth-order valence-electron chi connectivity index (χ4n) is 3.10. The number of hydrogen-bond donors (Lipinski definition) is 2. The molecule has 100 valence electrons. The van der Waals surface area contributed by atoms with Crippen molar-refractivity contribution in [1.29, 1.82) is 0 Å². The Kier molecular flexibility index (Phi) is 5.75. The van der Waals surface area contributed by atoms with Crippen molar-refractivity contribution in [2.45, 2.75) is 57.5 Å². The summed E-state index contributed by atoms with van der Waals surface area (Å²) in [5.74, 6) is 0. The minimum atomic E-state index is 0.740. The predicted octanol–water partition coefficient (Wildman–Crippen LogP) is 1.59. The van der Waals surface area contributed by atoms with Gasteiger partial charge in [-0.25, -0.2) is 0 Å². The van der Waals surface area contributed by atoms with E-state index in [1.54, 1.807) is 0 Å². The zero-order chi connectivity index (χ0) is 11.9. The normalized spacial score (nSPS) is 30.9. The number of likely N-dealkylation sites (tertiary alicyclic amines) is 1. The number of piperidine rings is 1. The van der Waals surface area contributed by atoms with Crippen molar-refractivity contribution in [3.05, 3.63) is 0 Å². The van der Waals surface area contributed by atoms with Crippen LogP contribution in [0.1, 0.15) is 45.4 Å². The third-order valence-electron chi connectivity index (χ3n) is 4.29. The van der Waals surface area contributed by atoms with E-state index in [1.807, 2.05) is 0 Å². The minimum absolute atomic E-state index is 0.740. The van der Waals surface area contributed by atoms with Gasteiger partial charge >= 0.3 is 0 Å². The van der Waals surface area contributed by atoms with Crippen molar-refractivity contribution in [1.82, 2.24) is 15.5 Å². The minimum Gasteiger partial charge on any atom is -0.315 e. The molecule has 2 aliphatic heterocycles. The molecular weight excluding hydrogens is 210 g/mol. The zero-order valence-corrected chi connectivity index (χ0v) is 11.4. The van der Waals surface area contributed by atoms with Gasteiger partial charge in [0.15, 0.2) is 0 Å². The zero-order valence-electron chi connectivity index (χ0n) is 11.4. The van der Waals surface area contributed by atoms with Crippen molar-refractivity contribution in [3.8, 4) is 0 Å². The second-order valence-electron chi connectivity index (χ2n) is 5.73. The van der Waals surface area contributed by atoms with Gasteiger partial charge in [-0.2, -0.15) is 0 Å². The Morgan fingerprint density at radius 3 is 2.94 bits per heavy atom. The van der Waals surface area contributed by atoms with Gasteiger partial charge in [-0.05, 0) is 65.2 Å². The quantitative estimate of drug-likeness (QED) is 0.689. The summed E-state index contributed by atoms with van der Waals surface area (Å²) in [4.78, 5) is 2.67. The first-order chi connectivity index (χ1) is 8.36. The summed E-state index contributed by atoms with van der Waals surface area (Å²) in [5, 5.41) is 7.12. The monoisotopic (exact) mass is 239 g/mol. The van der Waals surface area contributed by atoms with Crippen molar-refractivity contribution >= 4 is 0 Å². The highest BCUT2D eigenvalue weighted by Crippen LogP contribution is 2.16. The lowest BCUT2D eigenvalue weighted by atomic mass is 10.0. The molecular formula is C14H29N3. The maximum absolute atomic E-state index is 3.59. The van der Waals surface area contributed by atoms with Crippen molar-refractivity contribution in [2.24, 2.45) is 0 Å². The van der Waals surface area contributed by atoms with E-state index in [-0.39, 0.29) is 0 Å². The Morgan fingerprint density at radius 1 is 1.24 bits per heavy atom. The van der Waals surface area contributed by atoms with Crippen LogP contribution in [0.2, 0.25) is 0 Å². The van der Waals surface area contributed by atoms with Crippen LogP contribution in [0.4, 0.5) is 0 Å². The van der Waals surface area contributed by atoms with E-state index in [0.717, 1.165) is 18.6 Å². The van der Waals surface area contributed by atoms with Gasteiger partial charge in [0.2, 0.25) is 0 Å². The Morgan fingerprint density at radius 2 is 2.18 bits per heavy atom. The molecule has 0 amide bonds. The molecule has 2 atom stereocenters. The first-order valence-electron chi connectivity index (χ1n) is 7.54.